The molecule has 0 aromatic heterocycles. The molecule has 1 saturated heterocycles. The second-order valence-corrected chi connectivity index (χ2v) is 9.02. The van der Waals surface area contributed by atoms with Crippen molar-refractivity contribution in [3.05, 3.63) is 65.7 Å². The molecule has 3 N–H and O–H groups in total. The van der Waals surface area contributed by atoms with Gasteiger partial charge in [0.05, 0.1) is 36.2 Å². The van der Waals surface area contributed by atoms with Gasteiger partial charge < -0.3 is 15.2 Å². The second kappa shape index (κ2) is 10.3. The van der Waals surface area contributed by atoms with Crippen LogP contribution >= 0.6 is 0 Å². The first kappa shape index (κ1) is 23.3. The van der Waals surface area contributed by atoms with E-state index >= 15 is 0 Å². The lowest BCUT2D eigenvalue weighted by Crippen LogP contribution is -2.51. The van der Waals surface area contributed by atoms with Crippen molar-refractivity contribution in [3.8, 4) is 0 Å². The standard InChI is InChI=1S/C21H24F2N2O5S/c22-15-5-8-17(9-6-15)31(28,29)25-19-10-7-16(30-20(19)13-26)11-21(27)24-12-14-3-1-2-4-18(14)23/h1-6,8-9,16,19-20,25-26H,7,10-13H2,(H,24,27)/t16-,19-,20+/m1/s1. The Morgan fingerprint density at radius 1 is 1.10 bits per heavy atom. The fraction of sp³-hybridized carbons (Fsp3) is 0.381. The topological polar surface area (TPSA) is 105 Å². The molecule has 3 atom stereocenters. The van der Waals surface area contributed by atoms with Crippen molar-refractivity contribution in [2.75, 3.05) is 6.61 Å². The predicted molar refractivity (Wildman–Crippen MR) is 108 cm³/mol. The van der Waals surface area contributed by atoms with Crippen molar-refractivity contribution in [1.29, 1.82) is 0 Å². The second-order valence-electron chi connectivity index (χ2n) is 7.31. The zero-order valence-corrected chi connectivity index (χ0v) is 17.4. The van der Waals surface area contributed by atoms with Crippen LogP contribution in [0.25, 0.3) is 0 Å². The van der Waals surface area contributed by atoms with Crippen LogP contribution in [0.3, 0.4) is 0 Å². The summed E-state index contributed by atoms with van der Waals surface area (Å²) in [4.78, 5) is 12.1. The maximum atomic E-state index is 13.6. The van der Waals surface area contributed by atoms with Gasteiger partial charge in [-0.05, 0) is 43.2 Å². The van der Waals surface area contributed by atoms with Gasteiger partial charge >= 0.3 is 0 Å². The van der Waals surface area contributed by atoms with Gasteiger partial charge in [0.15, 0.2) is 0 Å². The number of nitrogens with one attached hydrogen (secondary N) is 2. The van der Waals surface area contributed by atoms with Crippen LogP contribution in [-0.2, 0) is 26.1 Å². The predicted octanol–water partition coefficient (Wildman–Crippen LogP) is 1.86. The Morgan fingerprint density at radius 2 is 1.81 bits per heavy atom. The molecule has 1 aliphatic heterocycles. The first-order valence-corrected chi connectivity index (χ1v) is 11.3. The number of halogens is 2. The van der Waals surface area contributed by atoms with Gasteiger partial charge in [0, 0.05) is 12.1 Å². The maximum Gasteiger partial charge on any atom is 0.240 e. The highest BCUT2D eigenvalue weighted by Crippen LogP contribution is 2.24. The number of benzene rings is 2. The molecular formula is C21H24F2N2O5S. The summed E-state index contributed by atoms with van der Waals surface area (Å²) < 4.78 is 59.9. The molecular weight excluding hydrogens is 430 g/mol. The van der Waals surface area contributed by atoms with E-state index in [-0.39, 0.29) is 23.8 Å². The normalized spacial score (nSPS) is 21.6. The van der Waals surface area contributed by atoms with Crippen LogP contribution in [0, 0.1) is 11.6 Å². The molecule has 1 fully saturated rings. The molecule has 0 bridgehead atoms. The minimum atomic E-state index is -3.93. The molecule has 2 aromatic carbocycles. The number of hydrogen-bond donors (Lipinski definition) is 3. The van der Waals surface area contributed by atoms with E-state index in [1.807, 2.05) is 0 Å². The van der Waals surface area contributed by atoms with Crippen LogP contribution in [0.4, 0.5) is 8.78 Å². The lowest BCUT2D eigenvalue weighted by atomic mass is 9.98. The summed E-state index contributed by atoms with van der Waals surface area (Å²) >= 11 is 0. The Balaban J connectivity index is 1.53. The van der Waals surface area contributed by atoms with Crippen molar-refractivity contribution in [1.82, 2.24) is 10.0 Å². The van der Waals surface area contributed by atoms with Crippen molar-refractivity contribution < 1.29 is 31.8 Å². The van der Waals surface area contributed by atoms with Crippen molar-refractivity contribution >= 4 is 15.9 Å². The number of hydrogen-bond acceptors (Lipinski definition) is 5. The number of amides is 1. The number of aliphatic hydroxyl groups excluding tert-OH is 1. The molecule has 0 aliphatic carbocycles. The molecule has 3 rings (SSSR count). The third kappa shape index (κ3) is 6.30. The molecule has 0 spiro atoms. The van der Waals surface area contributed by atoms with E-state index in [0.717, 1.165) is 24.3 Å². The molecule has 1 aliphatic rings. The summed E-state index contributed by atoms with van der Waals surface area (Å²) in [6, 6.07) is 9.82. The highest BCUT2D eigenvalue weighted by atomic mass is 32.2. The van der Waals surface area contributed by atoms with E-state index in [1.54, 1.807) is 18.2 Å². The van der Waals surface area contributed by atoms with Gasteiger partial charge in [0.1, 0.15) is 11.6 Å². The Labute approximate surface area is 179 Å². The van der Waals surface area contributed by atoms with Gasteiger partial charge in [-0.2, -0.15) is 0 Å². The van der Waals surface area contributed by atoms with E-state index in [1.165, 1.54) is 6.07 Å². The Morgan fingerprint density at radius 3 is 2.48 bits per heavy atom. The van der Waals surface area contributed by atoms with Crippen molar-refractivity contribution in [2.24, 2.45) is 0 Å². The number of carbonyl (C=O) groups excluding carboxylic acids is 1. The van der Waals surface area contributed by atoms with Crippen LogP contribution in [0.2, 0.25) is 0 Å². The fourth-order valence-electron chi connectivity index (χ4n) is 3.41. The van der Waals surface area contributed by atoms with Gasteiger partial charge in [0.25, 0.3) is 0 Å². The fourth-order valence-corrected chi connectivity index (χ4v) is 4.71. The average Bonchev–Trinajstić information content (AvgIpc) is 2.74. The smallest absolute Gasteiger partial charge is 0.240 e. The molecule has 1 amide bonds. The number of sulfonamides is 1. The molecule has 0 saturated carbocycles. The molecule has 10 heteroatoms. The maximum absolute atomic E-state index is 13.6. The molecule has 0 unspecified atom stereocenters. The van der Waals surface area contributed by atoms with Crippen LogP contribution in [0.5, 0.6) is 0 Å². The molecule has 1 heterocycles. The highest BCUT2D eigenvalue weighted by Gasteiger charge is 2.34. The Kier molecular flexibility index (Phi) is 7.71. The first-order chi connectivity index (χ1) is 14.8. The molecule has 0 radical (unpaired) electrons. The summed E-state index contributed by atoms with van der Waals surface area (Å²) in [5, 5.41) is 12.3. The van der Waals surface area contributed by atoms with Gasteiger partial charge in [-0.1, -0.05) is 18.2 Å². The first-order valence-electron chi connectivity index (χ1n) is 9.83. The largest absolute Gasteiger partial charge is 0.394 e. The number of ether oxygens (including phenoxy) is 1. The quantitative estimate of drug-likeness (QED) is 0.565. The zero-order valence-electron chi connectivity index (χ0n) is 16.6. The number of rotatable bonds is 8. The van der Waals surface area contributed by atoms with Crippen LogP contribution in [-0.4, -0.2) is 44.3 Å². The highest BCUT2D eigenvalue weighted by molar-refractivity contribution is 7.89. The van der Waals surface area contributed by atoms with Gasteiger partial charge in [-0.15, -0.1) is 0 Å². The van der Waals surface area contributed by atoms with Gasteiger partial charge in [-0.25, -0.2) is 21.9 Å². The molecule has 31 heavy (non-hydrogen) atoms. The van der Waals surface area contributed by atoms with Gasteiger partial charge in [0.2, 0.25) is 15.9 Å². The summed E-state index contributed by atoms with van der Waals surface area (Å²) in [6.07, 6.45) is -0.614. The third-order valence-corrected chi connectivity index (χ3v) is 6.58. The molecule has 168 valence electrons. The minimum Gasteiger partial charge on any atom is -0.394 e. The summed E-state index contributed by atoms with van der Waals surface area (Å²) in [7, 11) is -3.93. The Bertz CT molecular complexity index is 1000. The van der Waals surface area contributed by atoms with Crippen LogP contribution in [0.15, 0.2) is 53.4 Å². The molecule has 2 aromatic rings. The van der Waals surface area contributed by atoms with Crippen molar-refractivity contribution in [3.63, 3.8) is 0 Å². The van der Waals surface area contributed by atoms with E-state index in [2.05, 4.69) is 10.0 Å². The minimum absolute atomic E-state index is 0.00237. The van der Waals surface area contributed by atoms with Crippen LogP contribution < -0.4 is 10.0 Å². The summed E-state index contributed by atoms with van der Waals surface area (Å²) in [5.74, 6) is -1.30. The number of carbonyl (C=O) groups is 1. The lowest BCUT2D eigenvalue weighted by Gasteiger charge is -2.35. The zero-order chi connectivity index (χ0) is 22.4. The Hall–Kier alpha value is -2.40. The van der Waals surface area contributed by atoms with Gasteiger partial charge in [-0.3, -0.25) is 4.79 Å². The summed E-state index contributed by atoms with van der Waals surface area (Å²) in [6.45, 7) is -0.397. The van der Waals surface area contributed by atoms with Crippen molar-refractivity contribution in [2.45, 2.75) is 49.0 Å². The SMILES string of the molecule is O=C(C[C@H]1CC[C@@H](NS(=O)(=O)c2ccc(F)cc2)[C@H](CO)O1)NCc1ccccc1F. The number of aliphatic hydroxyl groups is 1. The monoisotopic (exact) mass is 454 g/mol. The molecule has 7 nitrogen and oxygen atoms in total. The lowest BCUT2D eigenvalue weighted by molar-refractivity contribution is -0.130. The van der Waals surface area contributed by atoms with E-state index < -0.39 is 46.5 Å². The average molecular weight is 454 g/mol. The van der Waals surface area contributed by atoms with E-state index in [9.17, 15) is 27.1 Å². The van der Waals surface area contributed by atoms with Crippen LogP contribution in [0.1, 0.15) is 24.8 Å². The summed E-state index contributed by atoms with van der Waals surface area (Å²) in [5.41, 5.74) is 0.365. The van der Waals surface area contributed by atoms with E-state index in [0.29, 0.717) is 18.4 Å². The van der Waals surface area contributed by atoms with E-state index in [4.69, 9.17) is 4.74 Å². The third-order valence-electron chi connectivity index (χ3n) is 5.07.